The molecule has 2 atom stereocenters. The number of fused-ring (bicyclic) bond motifs is 1. The second-order valence-corrected chi connectivity index (χ2v) is 7.40. The van der Waals surface area contributed by atoms with Crippen LogP contribution in [0.5, 0.6) is 0 Å². The smallest absolute Gasteiger partial charge is 0.142 e. The molecule has 130 valence electrons. The van der Waals surface area contributed by atoms with E-state index in [2.05, 4.69) is 36.1 Å². The summed E-state index contributed by atoms with van der Waals surface area (Å²) in [5.74, 6) is 0.350. The van der Waals surface area contributed by atoms with Gasteiger partial charge in [0.05, 0.1) is 11.3 Å². The van der Waals surface area contributed by atoms with Gasteiger partial charge in [0.15, 0.2) is 0 Å². The van der Waals surface area contributed by atoms with Gasteiger partial charge < -0.3 is 4.42 Å². The Morgan fingerprint density at radius 2 is 2.04 bits per heavy atom. The first-order valence-electron chi connectivity index (χ1n) is 8.75. The number of hydrogen-bond donors (Lipinski definition) is 0. The normalized spacial score (nSPS) is 21.7. The molecule has 4 rings (SSSR count). The molecular formula is C21H21ClFNO. The number of benzene rings is 2. The Kier molecular flexibility index (Phi) is 4.53. The molecule has 4 heteroatoms. The number of halogens is 2. The molecule has 1 aromatic heterocycles. The maximum absolute atomic E-state index is 14.2. The van der Waals surface area contributed by atoms with Crippen molar-refractivity contribution in [2.45, 2.75) is 25.8 Å². The van der Waals surface area contributed by atoms with Gasteiger partial charge in [0, 0.05) is 24.0 Å². The number of likely N-dealkylation sites (tertiary alicyclic amines) is 1. The predicted molar refractivity (Wildman–Crippen MR) is 99.4 cm³/mol. The molecule has 0 bridgehead atoms. The summed E-state index contributed by atoms with van der Waals surface area (Å²) in [6.07, 6.45) is 2.58. The Bertz CT molecular complexity index is 876. The van der Waals surface area contributed by atoms with Crippen LogP contribution >= 0.6 is 11.6 Å². The van der Waals surface area contributed by atoms with Crippen LogP contribution in [0.3, 0.4) is 0 Å². The number of rotatable bonds is 3. The maximum Gasteiger partial charge on any atom is 0.142 e. The quantitative estimate of drug-likeness (QED) is 0.584. The molecule has 0 amide bonds. The molecule has 0 N–H and O–H groups in total. The average molecular weight is 358 g/mol. The van der Waals surface area contributed by atoms with Gasteiger partial charge in [-0.25, -0.2) is 4.39 Å². The molecule has 2 nitrogen and oxygen atoms in total. The standard InChI is InChI=1S/C21H21ClFNO/c1-14-12-24(13-15-5-3-2-4-6-15)9-7-16(14)18-11-19(23)20(22)17-8-10-25-21(17)18/h2-6,8,10-11,14,16H,7,9,12-13H2,1H3/t14-,16+/m1/s1. The van der Waals surface area contributed by atoms with Crippen molar-refractivity contribution >= 4 is 22.6 Å². The molecule has 1 saturated heterocycles. The lowest BCUT2D eigenvalue weighted by Gasteiger charge is -2.37. The highest BCUT2D eigenvalue weighted by atomic mass is 35.5. The fourth-order valence-electron chi connectivity index (χ4n) is 4.05. The van der Waals surface area contributed by atoms with E-state index in [0.29, 0.717) is 11.3 Å². The van der Waals surface area contributed by atoms with E-state index in [4.69, 9.17) is 16.0 Å². The number of nitrogens with zero attached hydrogens (tertiary/aromatic N) is 1. The number of hydrogen-bond acceptors (Lipinski definition) is 2. The lowest BCUT2D eigenvalue weighted by molar-refractivity contribution is 0.156. The molecule has 0 spiro atoms. The summed E-state index contributed by atoms with van der Waals surface area (Å²) in [5, 5.41) is 0.831. The van der Waals surface area contributed by atoms with Gasteiger partial charge in [0.1, 0.15) is 11.4 Å². The van der Waals surface area contributed by atoms with Crippen molar-refractivity contribution in [2.24, 2.45) is 5.92 Å². The third-order valence-electron chi connectivity index (χ3n) is 5.29. The summed E-state index contributed by atoms with van der Waals surface area (Å²) in [4.78, 5) is 2.47. The molecule has 0 radical (unpaired) electrons. The van der Waals surface area contributed by atoms with E-state index in [1.807, 2.05) is 6.07 Å². The zero-order chi connectivity index (χ0) is 17.4. The van der Waals surface area contributed by atoms with Crippen LogP contribution in [0.4, 0.5) is 4.39 Å². The number of furan rings is 1. The zero-order valence-electron chi connectivity index (χ0n) is 14.2. The van der Waals surface area contributed by atoms with Gasteiger partial charge in [-0.05, 0) is 42.5 Å². The maximum atomic E-state index is 14.2. The van der Waals surface area contributed by atoms with E-state index >= 15 is 0 Å². The third-order valence-corrected chi connectivity index (χ3v) is 5.68. The Labute approximate surface area is 152 Å². The van der Waals surface area contributed by atoms with Crippen LogP contribution in [0.25, 0.3) is 11.0 Å². The average Bonchev–Trinajstić information content (AvgIpc) is 3.10. The minimum absolute atomic E-state index is 0.154. The summed E-state index contributed by atoms with van der Waals surface area (Å²) in [7, 11) is 0. The first kappa shape index (κ1) is 16.6. The summed E-state index contributed by atoms with van der Waals surface area (Å²) >= 11 is 6.08. The monoisotopic (exact) mass is 357 g/mol. The Balaban J connectivity index is 1.56. The van der Waals surface area contributed by atoms with Crippen LogP contribution in [0.15, 0.2) is 53.1 Å². The Morgan fingerprint density at radius 1 is 1.24 bits per heavy atom. The van der Waals surface area contributed by atoms with Crippen molar-refractivity contribution < 1.29 is 8.81 Å². The van der Waals surface area contributed by atoms with E-state index in [-0.39, 0.29) is 16.8 Å². The molecule has 2 heterocycles. The molecule has 0 saturated carbocycles. The molecule has 1 fully saturated rings. The van der Waals surface area contributed by atoms with Gasteiger partial charge in [-0.2, -0.15) is 0 Å². The highest BCUT2D eigenvalue weighted by Gasteiger charge is 2.30. The van der Waals surface area contributed by atoms with Crippen molar-refractivity contribution in [1.82, 2.24) is 4.90 Å². The fraction of sp³-hybridized carbons (Fsp3) is 0.333. The summed E-state index contributed by atoms with van der Waals surface area (Å²) < 4.78 is 19.9. The van der Waals surface area contributed by atoms with E-state index in [1.54, 1.807) is 18.4 Å². The van der Waals surface area contributed by atoms with Crippen LogP contribution in [-0.2, 0) is 6.54 Å². The molecule has 0 aliphatic carbocycles. The summed E-state index contributed by atoms with van der Waals surface area (Å²) in [6, 6.07) is 13.9. The molecule has 1 aliphatic rings. The van der Waals surface area contributed by atoms with E-state index in [0.717, 1.165) is 37.2 Å². The van der Waals surface area contributed by atoms with Gasteiger partial charge in [-0.3, -0.25) is 4.90 Å². The molecule has 2 aromatic carbocycles. The first-order chi connectivity index (χ1) is 12.1. The summed E-state index contributed by atoms with van der Waals surface area (Å²) in [6.45, 7) is 5.19. The highest BCUT2D eigenvalue weighted by Crippen LogP contribution is 2.40. The van der Waals surface area contributed by atoms with E-state index < -0.39 is 0 Å². The van der Waals surface area contributed by atoms with E-state index in [9.17, 15) is 4.39 Å². The molecule has 25 heavy (non-hydrogen) atoms. The first-order valence-corrected chi connectivity index (χ1v) is 9.12. The van der Waals surface area contributed by atoms with Crippen LogP contribution < -0.4 is 0 Å². The fourth-order valence-corrected chi connectivity index (χ4v) is 4.26. The van der Waals surface area contributed by atoms with E-state index in [1.165, 1.54) is 5.56 Å². The van der Waals surface area contributed by atoms with Gasteiger partial charge in [-0.1, -0.05) is 48.9 Å². The molecule has 0 unspecified atom stereocenters. The minimum Gasteiger partial charge on any atom is -0.464 e. The van der Waals surface area contributed by atoms with Crippen LogP contribution in [0.1, 0.15) is 30.4 Å². The van der Waals surface area contributed by atoms with Gasteiger partial charge >= 0.3 is 0 Å². The highest BCUT2D eigenvalue weighted by molar-refractivity contribution is 6.35. The number of piperidine rings is 1. The summed E-state index contributed by atoms with van der Waals surface area (Å²) in [5.41, 5.74) is 3.02. The second-order valence-electron chi connectivity index (χ2n) is 7.02. The lowest BCUT2D eigenvalue weighted by atomic mass is 9.81. The van der Waals surface area contributed by atoms with Crippen molar-refractivity contribution in [3.63, 3.8) is 0 Å². The van der Waals surface area contributed by atoms with Crippen molar-refractivity contribution in [3.05, 3.63) is 70.7 Å². The van der Waals surface area contributed by atoms with Crippen LogP contribution in [0, 0.1) is 11.7 Å². The van der Waals surface area contributed by atoms with Crippen LogP contribution in [0.2, 0.25) is 5.02 Å². The van der Waals surface area contributed by atoms with Crippen molar-refractivity contribution in [3.8, 4) is 0 Å². The SMILES string of the molecule is C[C@@H]1CN(Cc2ccccc2)CC[C@@H]1c1cc(F)c(Cl)c2ccoc12. The lowest BCUT2D eigenvalue weighted by Crippen LogP contribution is -2.38. The second kappa shape index (κ2) is 6.81. The van der Waals surface area contributed by atoms with Gasteiger partial charge in [0.25, 0.3) is 0 Å². The Hall–Kier alpha value is -1.84. The van der Waals surface area contributed by atoms with Gasteiger partial charge in [0.2, 0.25) is 0 Å². The largest absolute Gasteiger partial charge is 0.464 e. The Morgan fingerprint density at radius 3 is 2.80 bits per heavy atom. The van der Waals surface area contributed by atoms with Crippen molar-refractivity contribution in [2.75, 3.05) is 13.1 Å². The zero-order valence-corrected chi connectivity index (χ0v) is 15.0. The molecule has 3 aromatic rings. The van der Waals surface area contributed by atoms with Gasteiger partial charge in [-0.15, -0.1) is 0 Å². The minimum atomic E-state index is -0.357. The third kappa shape index (κ3) is 3.19. The van der Waals surface area contributed by atoms with Crippen LogP contribution in [-0.4, -0.2) is 18.0 Å². The predicted octanol–water partition coefficient (Wildman–Crippen LogP) is 5.85. The molecule has 1 aliphatic heterocycles. The van der Waals surface area contributed by atoms with Crippen molar-refractivity contribution in [1.29, 1.82) is 0 Å². The molecular weight excluding hydrogens is 337 g/mol. The topological polar surface area (TPSA) is 16.4 Å².